The zero-order valence-electron chi connectivity index (χ0n) is 13.1. The van der Waals surface area contributed by atoms with Crippen molar-refractivity contribution in [2.24, 2.45) is 5.92 Å². The second-order valence-electron chi connectivity index (χ2n) is 5.34. The molecule has 0 aliphatic heterocycles. The number of amides is 1. The van der Waals surface area contributed by atoms with Crippen LogP contribution < -0.4 is 10.1 Å². The molecule has 1 rings (SSSR count). The van der Waals surface area contributed by atoms with Crippen LogP contribution in [0.15, 0.2) is 18.2 Å². The summed E-state index contributed by atoms with van der Waals surface area (Å²) in [5.41, 5.74) is 0.307. The quantitative estimate of drug-likeness (QED) is 0.767. The molecule has 0 radical (unpaired) electrons. The van der Waals surface area contributed by atoms with Gasteiger partial charge in [0.25, 0.3) is 5.91 Å². The Morgan fingerprint density at radius 2 is 2.05 bits per heavy atom. The van der Waals surface area contributed by atoms with Crippen LogP contribution in [0.25, 0.3) is 0 Å². The zero-order valence-corrected chi connectivity index (χ0v) is 13.8. The first-order chi connectivity index (χ1) is 10.3. The Labute approximate surface area is 135 Å². The number of aliphatic carboxylic acids is 1. The van der Waals surface area contributed by atoms with E-state index in [9.17, 15) is 9.59 Å². The van der Waals surface area contributed by atoms with E-state index < -0.39 is 11.9 Å². The minimum atomic E-state index is -0.910. The lowest BCUT2D eigenvalue weighted by Crippen LogP contribution is -2.33. The van der Waals surface area contributed by atoms with Gasteiger partial charge in [-0.3, -0.25) is 9.59 Å². The predicted octanol–water partition coefficient (Wildman–Crippen LogP) is 3.36. The van der Waals surface area contributed by atoms with Crippen molar-refractivity contribution in [1.29, 1.82) is 0 Å². The van der Waals surface area contributed by atoms with Crippen LogP contribution in [0.5, 0.6) is 5.75 Å². The van der Waals surface area contributed by atoms with Gasteiger partial charge in [0.1, 0.15) is 5.75 Å². The number of hydrogen-bond donors (Lipinski definition) is 2. The van der Waals surface area contributed by atoms with Gasteiger partial charge in [-0.05, 0) is 38.5 Å². The molecule has 1 aromatic rings. The highest BCUT2D eigenvalue weighted by Crippen LogP contribution is 2.24. The molecule has 0 fully saturated rings. The average molecular weight is 328 g/mol. The Morgan fingerprint density at radius 1 is 1.36 bits per heavy atom. The summed E-state index contributed by atoms with van der Waals surface area (Å²) < 4.78 is 5.59. The van der Waals surface area contributed by atoms with Crippen molar-refractivity contribution >= 4 is 23.5 Å². The van der Waals surface area contributed by atoms with Gasteiger partial charge in [-0.25, -0.2) is 0 Å². The molecule has 0 heterocycles. The summed E-state index contributed by atoms with van der Waals surface area (Å²) in [6.07, 6.45) is 1.17. The summed E-state index contributed by atoms with van der Waals surface area (Å²) in [4.78, 5) is 23.4. The van der Waals surface area contributed by atoms with E-state index in [-0.39, 0.29) is 18.6 Å². The highest BCUT2D eigenvalue weighted by atomic mass is 35.5. The van der Waals surface area contributed by atoms with Gasteiger partial charge < -0.3 is 15.2 Å². The number of ether oxygens (including phenoxy) is 1. The number of rotatable bonds is 8. The van der Waals surface area contributed by atoms with Gasteiger partial charge in [-0.1, -0.05) is 24.9 Å². The fourth-order valence-electron chi connectivity index (χ4n) is 2.01. The van der Waals surface area contributed by atoms with Crippen LogP contribution in [0.4, 0.5) is 0 Å². The molecule has 0 saturated heterocycles. The molecule has 0 bridgehead atoms. The lowest BCUT2D eigenvalue weighted by molar-refractivity contribution is -0.141. The summed E-state index contributed by atoms with van der Waals surface area (Å²) in [7, 11) is 0. The molecule has 0 spiro atoms. The minimum absolute atomic E-state index is 0.0790. The molecule has 1 atom stereocenters. The number of nitrogens with one attached hydrogen (secondary N) is 1. The second-order valence-corrected chi connectivity index (χ2v) is 5.78. The highest BCUT2D eigenvalue weighted by Gasteiger charge is 2.20. The first-order valence-corrected chi connectivity index (χ1v) is 7.70. The molecule has 1 aromatic carbocycles. The normalized spacial score (nSPS) is 12.0. The van der Waals surface area contributed by atoms with Crippen molar-refractivity contribution in [1.82, 2.24) is 5.32 Å². The summed E-state index contributed by atoms with van der Waals surface area (Å²) in [6.45, 7) is 5.70. The Hall–Kier alpha value is -1.75. The summed E-state index contributed by atoms with van der Waals surface area (Å²) in [5, 5.41) is 12.2. The molecule has 1 amide bonds. The van der Waals surface area contributed by atoms with Crippen molar-refractivity contribution in [3.63, 3.8) is 0 Å². The van der Waals surface area contributed by atoms with Crippen LogP contribution in [-0.4, -0.2) is 29.6 Å². The molecule has 0 aromatic heterocycles. The SMILES string of the molecule is CCCC(CNC(=O)c1cc(Cl)ccc1OC(C)C)C(=O)O. The maximum atomic E-state index is 12.3. The number of carboxylic acids is 1. The molecule has 5 nitrogen and oxygen atoms in total. The van der Waals surface area contributed by atoms with E-state index in [1.165, 1.54) is 6.07 Å². The predicted molar refractivity (Wildman–Crippen MR) is 85.6 cm³/mol. The van der Waals surface area contributed by atoms with E-state index >= 15 is 0 Å². The van der Waals surface area contributed by atoms with Crippen LogP contribution in [0.2, 0.25) is 5.02 Å². The first-order valence-electron chi connectivity index (χ1n) is 7.32. The fourth-order valence-corrected chi connectivity index (χ4v) is 2.18. The van der Waals surface area contributed by atoms with E-state index in [0.29, 0.717) is 22.8 Å². The van der Waals surface area contributed by atoms with Crippen LogP contribution in [-0.2, 0) is 4.79 Å². The van der Waals surface area contributed by atoms with E-state index in [2.05, 4.69) is 5.32 Å². The van der Waals surface area contributed by atoms with Gasteiger partial charge >= 0.3 is 5.97 Å². The van der Waals surface area contributed by atoms with Crippen molar-refractivity contribution in [2.45, 2.75) is 39.7 Å². The average Bonchev–Trinajstić information content (AvgIpc) is 2.44. The van der Waals surface area contributed by atoms with Crippen LogP contribution in [0, 0.1) is 5.92 Å². The maximum Gasteiger partial charge on any atom is 0.308 e. The third kappa shape index (κ3) is 5.56. The number of carbonyl (C=O) groups is 2. The summed E-state index contributed by atoms with van der Waals surface area (Å²) in [6, 6.07) is 4.80. The third-order valence-electron chi connectivity index (χ3n) is 3.04. The van der Waals surface area contributed by atoms with Crippen molar-refractivity contribution in [3.8, 4) is 5.75 Å². The van der Waals surface area contributed by atoms with Crippen molar-refractivity contribution in [2.75, 3.05) is 6.54 Å². The van der Waals surface area contributed by atoms with Crippen molar-refractivity contribution in [3.05, 3.63) is 28.8 Å². The second kappa shape index (κ2) is 8.63. The largest absolute Gasteiger partial charge is 0.490 e. The Kier molecular flexibility index (Phi) is 7.18. The summed E-state index contributed by atoms with van der Waals surface area (Å²) >= 11 is 5.93. The lowest BCUT2D eigenvalue weighted by atomic mass is 10.0. The minimum Gasteiger partial charge on any atom is -0.490 e. The molecule has 6 heteroatoms. The zero-order chi connectivity index (χ0) is 16.7. The van der Waals surface area contributed by atoms with Gasteiger partial charge in [0, 0.05) is 11.6 Å². The van der Waals surface area contributed by atoms with Gasteiger partial charge in [-0.2, -0.15) is 0 Å². The molecular weight excluding hydrogens is 306 g/mol. The molecule has 0 aliphatic carbocycles. The Morgan fingerprint density at radius 3 is 2.59 bits per heavy atom. The number of carbonyl (C=O) groups excluding carboxylic acids is 1. The third-order valence-corrected chi connectivity index (χ3v) is 3.28. The smallest absolute Gasteiger partial charge is 0.308 e. The Bertz CT molecular complexity index is 531. The van der Waals surface area contributed by atoms with E-state index in [4.69, 9.17) is 21.4 Å². The van der Waals surface area contributed by atoms with Gasteiger partial charge in [-0.15, -0.1) is 0 Å². The first kappa shape index (κ1) is 18.3. The highest BCUT2D eigenvalue weighted by molar-refractivity contribution is 6.31. The monoisotopic (exact) mass is 327 g/mol. The standard InChI is InChI=1S/C16H22ClNO4/c1-4-5-11(16(20)21)9-18-15(19)13-8-12(17)6-7-14(13)22-10(2)3/h6-8,10-11H,4-5,9H2,1-3H3,(H,18,19)(H,20,21). The van der Waals surface area contributed by atoms with Crippen molar-refractivity contribution < 1.29 is 19.4 Å². The van der Waals surface area contributed by atoms with E-state index in [1.807, 2.05) is 20.8 Å². The molecule has 0 aliphatic rings. The Balaban J connectivity index is 2.83. The van der Waals surface area contributed by atoms with Gasteiger partial charge in [0.2, 0.25) is 0 Å². The van der Waals surface area contributed by atoms with Gasteiger partial charge in [0.05, 0.1) is 17.6 Å². The van der Waals surface area contributed by atoms with Crippen LogP contribution >= 0.6 is 11.6 Å². The number of halogens is 1. The van der Waals surface area contributed by atoms with Gasteiger partial charge in [0.15, 0.2) is 0 Å². The number of hydrogen-bond acceptors (Lipinski definition) is 3. The molecule has 22 heavy (non-hydrogen) atoms. The molecular formula is C16H22ClNO4. The summed E-state index contributed by atoms with van der Waals surface area (Å²) in [5.74, 6) is -1.46. The van der Waals surface area contributed by atoms with Crippen LogP contribution in [0.1, 0.15) is 44.0 Å². The van der Waals surface area contributed by atoms with E-state index in [0.717, 1.165) is 6.42 Å². The molecule has 2 N–H and O–H groups in total. The van der Waals surface area contributed by atoms with Crippen LogP contribution in [0.3, 0.4) is 0 Å². The maximum absolute atomic E-state index is 12.3. The van der Waals surface area contributed by atoms with E-state index in [1.54, 1.807) is 12.1 Å². The number of benzene rings is 1. The number of carboxylic acid groups (broad SMARTS) is 1. The molecule has 122 valence electrons. The lowest BCUT2D eigenvalue weighted by Gasteiger charge is -2.16. The topological polar surface area (TPSA) is 75.6 Å². The fraction of sp³-hybridized carbons (Fsp3) is 0.500. The molecule has 0 saturated carbocycles. The molecule has 1 unspecified atom stereocenters.